The lowest BCUT2D eigenvalue weighted by Gasteiger charge is -2.32. The molecule has 1 amide bonds. The number of amides is 1. The molecular weight excluding hydrogens is 264 g/mol. The van der Waals surface area contributed by atoms with Crippen molar-refractivity contribution >= 4 is 11.6 Å². The predicted octanol–water partition coefficient (Wildman–Crippen LogP) is 2.95. The third kappa shape index (κ3) is 3.76. The Morgan fingerprint density at radius 2 is 2.00 bits per heavy atom. The molecule has 0 radical (unpaired) electrons. The minimum atomic E-state index is -0.418. The number of hydrogen-bond acceptors (Lipinski definition) is 3. The van der Waals surface area contributed by atoms with Crippen molar-refractivity contribution in [2.24, 2.45) is 11.7 Å². The number of nitrogens with zero attached hydrogens (tertiary/aromatic N) is 1. The number of rotatable bonds is 7. The maximum Gasteiger partial charge on any atom is 0.244 e. The van der Waals surface area contributed by atoms with E-state index in [0.29, 0.717) is 5.92 Å². The molecule has 4 nitrogen and oxygen atoms in total. The Bertz CT molecular complexity index is 468. The number of benzene rings is 1. The largest absolute Gasteiger partial charge is 0.497 e. The summed E-state index contributed by atoms with van der Waals surface area (Å²) in [6.07, 6.45) is 4.04. The molecule has 0 aromatic heterocycles. The average molecular weight is 290 g/mol. The van der Waals surface area contributed by atoms with Gasteiger partial charge in [0.2, 0.25) is 5.91 Å². The molecular formula is C17H26N2O2. The van der Waals surface area contributed by atoms with Crippen LogP contribution in [0.3, 0.4) is 0 Å². The fourth-order valence-corrected chi connectivity index (χ4v) is 2.71. The molecule has 0 saturated heterocycles. The molecule has 2 N–H and O–H groups in total. The lowest BCUT2D eigenvalue weighted by atomic mass is 10.1. The first-order valence-corrected chi connectivity index (χ1v) is 7.81. The minimum Gasteiger partial charge on any atom is -0.497 e. The molecule has 116 valence electrons. The summed E-state index contributed by atoms with van der Waals surface area (Å²) in [7, 11) is 1.64. The molecule has 1 saturated carbocycles. The molecule has 1 fully saturated rings. The first kappa shape index (κ1) is 15.8. The highest BCUT2D eigenvalue weighted by atomic mass is 16.5. The van der Waals surface area contributed by atoms with E-state index in [2.05, 4.69) is 13.8 Å². The number of ether oxygens (including phenoxy) is 1. The first-order valence-electron chi connectivity index (χ1n) is 7.81. The number of carbonyl (C=O) groups excluding carboxylic acids is 1. The third-order valence-electron chi connectivity index (χ3n) is 4.22. The van der Waals surface area contributed by atoms with Gasteiger partial charge in [0.05, 0.1) is 13.2 Å². The van der Waals surface area contributed by atoms with Crippen molar-refractivity contribution < 1.29 is 9.53 Å². The van der Waals surface area contributed by atoms with E-state index in [1.807, 2.05) is 29.2 Å². The Morgan fingerprint density at radius 1 is 1.38 bits per heavy atom. The van der Waals surface area contributed by atoms with E-state index in [4.69, 9.17) is 10.5 Å². The van der Waals surface area contributed by atoms with Crippen molar-refractivity contribution in [1.82, 2.24) is 0 Å². The van der Waals surface area contributed by atoms with Gasteiger partial charge >= 0.3 is 0 Å². The highest BCUT2D eigenvalue weighted by Gasteiger charge is 2.36. The summed E-state index contributed by atoms with van der Waals surface area (Å²) in [4.78, 5) is 14.6. The molecule has 2 unspecified atom stereocenters. The van der Waals surface area contributed by atoms with Crippen LogP contribution in [0.5, 0.6) is 5.75 Å². The summed E-state index contributed by atoms with van der Waals surface area (Å²) < 4.78 is 5.19. The first-order chi connectivity index (χ1) is 10.1. The van der Waals surface area contributed by atoms with Crippen molar-refractivity contribution in [1.29, 1.82) is 0 Å². The maximum absolute atomic E-state index is 12.7. The summed E-state index contributed by atoms with van der Waals surface area (Å²) in [5.41, 5.74) is 6.97. The van der Waals surface area contributed by atoms with Crippen LogP contribution in [-0.4, -0.2) is 25.1 Å². The van der Waals surface area contributed by atoms with Crippen molar-refractivity contribution in [3.63, 3.8) is 0 Å². The van der Waals surface area contributed by atoms with E-state index < -0.39 is 6.04 Å². The second-order valence-corrected chi connectivity index (χ2v) is 5.88. The zero-order valence-electron chi connectivity index (χ0n) is 13.2. The smallest absolute Gasteiger partial charge is 0.244 e. The van der Waals surface area contributed by atoms with E-state index in [0.717, 1.165) is 24.3 Å². The lowest BCUT2D eigenvalue weighted by molar-refractivity contribution is -0.120. The van der Waals surface area contributed by atoms with Crippen molar-refractivity contribution in [3.05, 3.63) is 24.3 Å². The van der Waals surface area contributed by atoms with Gasteiger partial charge in [-0.3, -0.25) is 4.79 Å². The molecule has 0 heterocycles. The van der Waals surface area contributed by atoms with Crippen LogP contribution >= 0.6 is 0 Å². The van der Waals surface area contributed by atoms with Crippen molar-refractivity contribution in [2.45, 2.75) is 51.6 Å². The van der Waals surface area contributed by atoms with Crippen LogP contribution in [-0.2, 0) is 4.79 Å². The highest BCUT2D eigenvalue weighted by Crippen LogP contribution is 2.37. The fraction of sp³-hybridized carbons (Fsp3) is 0.588. The second-order valence-electron chi connectivity index (χ2n) is 5.88. The van der Waals surface area contributed by atoms with Crippen molar-refractivity contribution in [2.75, 3.05) is 12.0 Å². The van der Waals surface area contributed by atoms with Crippen molar-refractivity contribution in [3.8, 4) is 5.75 Å². The Labute approximate surface area is 127 Å². The van der Waals surface area contributed by atoms with Crippen LogP contribution in [0, 0.1) is 5.92 Å². The number of hydrogen-bond donors (Lipinski definition) is 1. The second kappa shape index (κ2) is 6.94. The quantitative estimate of drug-likeness (QED) is 0.840. The predicted molar refractivity (Wildman–Crippen MR) is 85.5 cm³/mol. The van der Waals surface area contributed by atoms with E-state index in [1.165, 1.54) is 12.8 Å². The van der Waals surface area contributed by atoms with Gasteiger partial charge in [0.25, 0.3) is 0 Å². The van der Waals surface area contributed by atoms with Gasteiger partial charge < -0.3 is 15.4 Å². The normalized spacial score (nSPS) is 17.1. The molecule has 1 aromatic carbocycles. The fourth-order valence-electron chi connectivity index (χ4n) is 2.71. The van der Waals surface area contributed by atoms with Crippen LogP contribution in [0.15, 0.2) is 24.3 Å². The van der Waals surface area contributed by atoms with E-state index in [1.54, 1.807) is 7.11 Å². The minimum absolute atomic E-state index is 0.0291. The van der Waals surface area contributed by atoms with Gasteiger partial charge in [-0.1, -0.05) is 13.3 Å². The molecule has 21 heavy (non-hydrogen) atoms. The zero-order valence-corrected chi connectivity index (χ0v) is 13.2. The SMILES string of the molecule is CCCC(N)C(=O)N(c1ccc(OC)cc1)C(C)C1CC1. The van der Waals surface area contributed by atoms with Crippen LogP contribution in [0.2, 0.25) is 0 Å². The van der Waals surface area contributed by atoms with Crippen LogP contribution in [0.1, 0.15) is 39.5 Å². The van der Waals surface area contributed by atoms with Crippen LogP contribution in [0.25, 0.3) is 0 Å². The van der Waals surface area contributed by atoms with Gasteiger partial charge in [-0.25, -0.2) is 0 Å². The number of anilines is 1. The van der Waals surface area contributed by atoms with E-state index >= 15 is 0 Å². The number of nitrogens with two attached hydrogens (primary N) is 1. The molecule has 2 rings (SSSR count). The topological polar surface area (TPSA) is 55.6 Å². The molecule has 2 atom stereocenters. The van der Waals surface area contributed by atoms with Gasteiger partial charge in [0.1, 0.15) is 5.75 Å². The molecule has 4 heteroatoms. The highest BCUT2D eigenvalue weighted by molar-refractivity contribution is 5.97. The summed E-state index contributed by atoms with van der Waals surface area (Å²) in [6.45, 7) is 4.17. The summed E-state index contributed by atoms with van der Waals surface area (Å²) in [5, 5.41) is 0. The Hall–Kier alpha value is -1.55. The molecule has 0 aliphatic heterocycles. The number of methoxy groups -OCH3 is 1. The average Bonchev–Trinajstić information content (AvgIpc) is 3.33. The molecule has 0 spiro atoms. The number of carbonyl (C=O) groups is 1. The maximum atomic E-state index is 12.7. The standard InChI is InChI=1S/C17H26N2O2/c1-4-5-16(18)17(20)19(12(2)13-6-7-13)14-8-10-15(21-3)11-9-14/h8-13,16H,4-7,18H2,1-3H3. The molecule has 1 aliphatic rings. The monoisotopic (exact) mass is 290 g/mol. The van der Waals surface area contributed by atoms with Gasteiger partial charge in [0.15, 0.2) is 0 Å². The summed E-state index contributed by atoms with van der Waals surface area (Å²) in [5.74, 6) is 1.43. The van der Waals surface area contributed by atoms with Gasteiger partial charge in [0, 0.05) is 11.7 Å². The molecule has 0 bridgehead atoms. The van der Waals surface area contributed by atoms with Gasteiger partial charge in [-0.2, -0.15) is 0 Å². The van der Waals surface area contributed by atoms with Crippen LogP contribution < -0.4 is 15.4 Å². The summed E-state index contributed by atoms with van der Waals surface area (Å²) in [6, 6.07) is 7.44. The lowest BCUT2D eigenvalue weighted by Crippen LogP contribution is -2.48. The summed E-state index contributed by atoms with van der Waals surface area (Å²) >= 11 is 0. The molecule has 1 aliphatic carbocycles. The third-order valence-corrected chi connectivity index (χ3v) is 4.22. The van der Waals surface area contributed by atoms with Crippen LogP contribution in [0.4, 0.5) is 5.69 Å². The van der Waals surface area contributed by atoms with Gasteiger partial charge in [-0.05, 0) is 56.4 Å². The molecule has 1 aromatic rings. The Kier molecular flexibility index (Phi) is 5.23. The Morgan fingerprint density at radius 3 is 2.48 bits per heavy atom. The zero-order chi connectivity index (χ0) is 15.4. The van der Waals surface area contributed by atoms with Gasteiger partial charge in [-0.15, -0.1) is 0 Å². The van der Waals surface area contributed by atoms with E-state index in [-0.39, 0.29) is 11.9 Å². The Balaban J connectivity index is 2.23. The van der Waals surface area contributed by atoms with E-state index in [9.17, 15) is 4.79 Å².